The summed E-state index contributed by atoms with van der Waals surface area (Å²) in [6.07, 6.45) is 6.17. The minimum absolute atomic E-state index is 1.01. The van der Waals surface area contributed by atoms with E-state index in [1.54, 1.807) is 18.0 Å². The van der Waals surface area contributed by atoms with Gasteiger partial charge in [-0.15, -0.1) is 0 Å². The van der Waals surface area contributed by atoms with Crippen molar-refractivity contribution < 1.29 is 0 Å². The Morgan fingerprint density at radius 1 is 1.54 bits per heavy atom. The molecule has 0 bridgehead atoms. The van der Waals surface area contributed by atoms with Gasteiger partial charge in [0.2, 0.25) is 0 Å². The fourth-order valence-electron chi connectivity index (χ4n) is 0.976. The van der Waals surface area contributed by atoms with Gasteiger partial charge >= 0.3 is 0 Å². The highest BCUT2D eigenvalue weighted by molar-refractivity contribution is 7.99. The molecule has 0 saturated heterocycles. The van der Waals surface area contributed by atoms with Gasteiger partial charge in [-0.05, 0) is 13.0 Å². The number of aromatic amines is 1. The molecule has 1 heterocycles. The Morgan fingerprint density at radius 3 is 3.15 bits per heavy atom. The smallest absolute Gasteiger partial charge is 0.165 e. The summed E-state index contributed by atoms with van der Waals surface area (Å²) in [6.45, 7) is 4.40. The summed E-state index contributed by atoms with van der Waals surface area (Å²) in [4.78, 5) is 7.19. The molecule has 0 amide bonds. The van der Waals surface area contributed by atoms with E-state index in [0.29, 0.717) is 0 Å². The zero-order chi connectivity index (χ0) is 9.36. The Hall–Kier alpha value is -0.480. The molecule has 13 heavy (non-hydrogen) atoms. The zero-order valence-corrected chi connectivity index (χ0v) is 8.86. The van der Waals surface area contributed by atoms with Crippen molar-refractivity contribution in [1.29, 1.82) is 0 Å². The van der Waals surface area contributed by atoms with Crippen LogP contribution >= 0.6 is 11.8 Å². The highest BCUT2D eigenvalue weighted by Gasteiger charge is 1.93. The molecular weight excluding hydrogens is 182 g/mol. The van der Waals surface area contributed by atoms with Crippen LogP contribution in [0.15, 0.2) is 17.6 Å². The SMILES string of the molecule is CCCCNCCSc1ncc[nH]1. The van der Waals surface area contributed by atoms with Crippen molar-refractivity contribution in [2.45, 2.75) is 24.9 Å². The maximum Gasteiger partial charge on any atom is 0.165 e. The summed E-state index contributed by atoms with van der Waals surface area (Å²) in [5.41, 5.74) is 0. The summed E-state index contributed by atoms with van der Waals surface area (Å²) >= 11 is 1.76. The second-order valence-corrected chi connectivity index (χ2v) is 3.93. The number of hydrogen-bond donors (Lipinski definition) is 2. The fourth-order valence-corrected chi connectivity index (χ4v) is 1.70. The normalized spacial score (nSPS) is 10.5. The first-order valence-corrected chi connectivity index (χ1v) is 5.75. The largest absolute Gasteiger partial charge is 0.340 e. The number of aromatic nitrogens is 2. The second-order valence-electron chi connectivity index (χ2n) is 2.85. The number of imidazole rings is 1. The standard InChI is InChI=1S/C9H17N3S/c1-2-3-4-10-7-8-13-9-11-5-6-12-9/h5-6,10H,2-4,7-8H2,1H3,(H,11,12). The third-order valence-corrected chi connectivity index (χ3v) is 2.60. The van der Waals surface area contributed by atoms with E-state index in [2.05, 4.69) is 22.2 Å². The quantitative estimate of drug-likeness (QED) is 0.520. The maximum atomic E-state index is 4.13. The van der Waals surface area contributed by atoms with Crippen LogP contribution in [0.3, 0.4) is 0 Å². The topological polar surface area (TPSA) is 40.7 Å². The van der Waals surface area contributed by atoms with Gasteiger partial charge in [0.05, 0.1) is 0 Å². The van der Waals surface area contributed by atoms with E-state index in [4.69, 9.17) is 0 Å². The van der Waals surface area contributed by atoms with Gasteiger partial charge in [-0.3, -0.25) is 0 Å². The van der Waals surface area contributed by atoms with Gasteiger partial charge in [0.25, 0.3) is 0 Å². The monoisotopic (exact) mass is 199 g/mol. The van der Waals surface area contributed by atoms with E-state index < -0.39 is 0 Å². The van der Waals surface area contributed by atoms with Crippen LogP contribution in [0.25, 0.3) is 0 Å². The molecule has 0 aliphatic carbocycles. The van der Waals surface area contributed by atoms with Gasteiger partial charge in [0.15, 0.2) is 5.16 Å². The summed E-state index contributed by atoms with van der Waals surface area (Å²) < 4.78 is 0. The fraction of sp³-hybridized carbons (Fsp3) is 0.667. The van der Waals surface area contributed by atoms with E-state index in [0.717, 1.165) is 24.0 Å². The Balaban J connectivity index is 1.90. The first-order valence-electron chi connectivity index (χ1n) is 4.76. The predicted octanol–water partition coefficient (Wildman–Crippen LogP) is 1.89. The van der Waals surface area contributed by atoms with Crippen molar-refractivity contribution in [3.63, 3.8) is 0 Å². The number of H-pyrrole nitrogens is 1. The summed E-state index contributed by atoms with van der Waals surface area (Å²) in [5.74, 6) is 1.08. The molecule has 0 unspecified atom stereocenters. The molecule has 74 valence electrons. The lowest BCUT2D eigenvalue weighted by molar-refractivity contribution is 0.666. The van der Waals surface area contributed by atoms with Gasteiger partial charge < -0.3 is 10.3 Å². The van der Waals surface area contributed by atoms with E-state index in [1.807, 2.05) is 6.20 Å². The molecule has 4 heteroatoms. The number of nitrogens with zero attached hydrogens (tertiary/aromatic N) is 1. The molecule has 0 fully saturated rings. The van der Waals surface area contributed by atoms with Gasteiger partial charge in [0, 0.05) is 24.7 Å². The average molecular weight is 199 g/mol. The Kier molecular flexibility index (Phi) is 5.69. The predicted molar refractivity (Wildman–Crippen MR) is 57.1 cm³/mol. The van der Waals surface area contributed by atoms with Crippen LogP contribution in [0.1, 0.15) is 19.8 Å². The van der Waals surface area contributed by atoms with Crippen molar-refractivity contribution in [3.05, 3.63) is 12.4 Å². The second kappa shape index (κ2) is 6.97. The maximum absolute atomic E-state index is 4.13. The third-order valence-electron chi connectivity index (χ3n) is 1.70. The number of thioether (sulfide) groups is 1. The van der Waals surface area contributed by atoms with Crippen LogP contribution in [0.4, 0.5) is 0 Å². The molecule has 1 aromatic heterocycles. The van der Waals surface area contributed by atoms with E-state index in [-0.39, 0.29) is 0 Å². The molecule has 0 aliphatic rings. The van der Waals surface area contributed by atoms with Crippen LogP contribution < -0.4 is 5.32 Å². The molecular formula is C9H17N3S. The molecule has 0 aliphatic heterocycles. The van der Waals surface area contributed by atoms with Crippen molar-refractivity contribution in [1.82, 2.24) is 15.3 Å². The van der Waals surface area contributed by atoms with E-state index >= 15 is 0 Å². The van der Waals surface area contributed by atoms with Gasteiger partial charge in [0.1, 0.15) is 0 Å². The Bertz CT molecular complexity index is 199. The van der Waals surface area contributed by atoms with Crippen LogP contribution in [0, 0.1) is 0 Å². The molecule has 0 radical (unpaired) electrons. The first-order chi connectivity index (χ1) is 6.43. The molecule has 0 spiro atoms. The zero-order valence-electron chi connectivity index (χ0n) is 8.05. The summed E-state index contributed by atoms with van der Waals surface area (Å²) in [6, 6.07) is 0. The van der Waals surface area contributed by atoms with Crippen LogP contribution in [-0.2, 0) is 0 Å². The van der Waals surface area contributed by atoms with Gasteiger partial charge in [-0.2, -0.15) is 0 Å². The van der Waals surface area contributed by atoms with Crippen molar-refractivity contribution >= 4 is 11.8 Å². The number of hydrogen-bond acceptors (Lipinski definition) is 3. The minimum Gasteiger partial charge on any atom is -0.340 e. The molecule has 1 aromatic rings. The highest BCUT2D eigenvalue weighted by Crippen LogP contribution is 2.09. The Morgan fingerprint density at radius 2 is 2.46 bits per heavy atom. The van der Waals surface area contributed by atoms with Crippen molar-refractivity contribution in [3.8, 4) is 0 Å². The van der Waals surface area contributed by atoms with Crippen molar-refractivity contribution in [2.75, 3.05) is 18.8 Å². The Labute approximate surface area is 83.7 Å². The molecule has 2 N–H and O–H groups in total. The minimum atomic E-state index is 1.01. The molecule has 1 rings (SSSR count). The molecule has 0 aromatic carbocycles. The van der Waals surface area contributed by atoms with E-state index in [1.165, 1.54) is 12.8 Å². The van der Waals surface area contributed by atoms with Gasteiger partial charge in [-0.25, -0.2) is 4.98 Å². The number of rotatable bonds is 7. The van der Waals surface area contributed by atoms with Crippen LogP contribution in [0.2, 0.25) is 0 Å². The van der Waals surface area contributed by atoms with Crippen LogP contribution in [-0.4, -0.2) is 28.8 Å². The lowest BCUT2D eigenvalue weighted by Gasteiger charge is -2.01. The third kappa shape index (κ3) is 4.95. The van der Waals surface area contributed by atoms with Gasteiger partial charge in [-0.1, -0.05) is 25.1 Å². The van der Waals surface area contributed by atoms with Crippen LogP contribution in [0.5, 0.6) is 0 Å². The molecule has 3 nitrogen and oxygen atoms in total. The molecule has 0 saturated carbocycles. The highest BCUT2D eigenvalue weighted by atomic mass is 32.2. The number of unbranched alkanes of at least 4 members (excludes halogenated alkanes) is 1. The lowest BCUT2D eigenvalue weighted by atomic mass is 10.3. The first kappa shape index (κ1) is 10.6. The summed E-state index contributed by atoms with van der Waals surface area (Å²) in [5, 5.41) is 4.40. The average Bonchev–Trinajstić information content (AvgIpc) is 2.63. The molecule has 0 atom stereocenters. The summed E-state index contributed by atoms with van der Waals surface area (Å²) in [7, 11) is 0. The lowest BCUT2D eigenvalue weighted by Crippen LogP contribution is -2.18. The van der Waals surface area contributed by atoms with Crippen molar-refractivity contribution in [2.24, 2.45) is 0 Å². The van der Waals surface area contributed by atoms with E-state index in [9.17, 15) is 0 Å². The number of nitrogens with one attached hydrogen (secondary N) is 2.